The summed E-state index contributed by atoms with van der Waals surface area (Å²) in [7, 11) is 0. The average Bonchev–Trinajstić information content (AvgIpc) is 3.08. The predicted molar refractivity (Wildman–Crippen MR) is 79.1 cm³/mol. The Labute approximate surface area is 119 Å². The Morgan fingerprint density at radius 2 is 2.15 bits per heavy atom. The van der Waals surface area contributed by atoms with Crippen molar-refractivity contribution in [1.82, 2.24) is 9.97 Å². The van der Waals surface area contributed by atoms with Gasteiger partial charge in [-0.1, -0.05) is 18.2 Å². The first-order valence-electron chi connectivity index (χ1n) is 6.05. The van der Waals surface area contributed by atoms with Gasteiger partial charge in [0, 0.05) is 0 Å². The molecule has 2 N–H and O–H groups in total. The van der Waals surface area contributed by atoms with E-state index in [4.69, 9.17) is 5.11 Å². The third-order valence-electron chi connectivity index (χ3n) is 2.41. The zero-order valence-electron chi connectivity index (χ0n) is 10.9. The van der Waals surface area contributed by atoms with Crippen molar-refractivity contribution in [2.45, 2.75) is 6.92 Å². The molecule has 0 fully saturated rings. The van der Waals surface area contributed by atoms with Gasteiger partial charge in [-0.25, -0.2) is 9.78 Å². The van der Waals surface area contributed by atoms with E-state index < -0.39 is 6.16 Å². The highest BCUT2D eigenvalue weighted by Crippen LogP contribution is 2.23. The van der Waals surface area contributed by atoms with Crippen molar-refractivity contribution in [3.8, 4) is 10.7 Å². The molecule has 0 amide bonds. The number of ether oxygens (including phenoxy) is 1. The number of hydrogen-bond acceptors (Lipinski definition) is 4. The fourth-order valence-corrected chi connectivity index (χ4v) is 2.28. The summed E-state index contributed by atoms with van der Waals surface area (Å²) in [5, 5.41) is 9.75. The molecule has 3 rings (SSSR count). The molecule has 0 saturated heterocycles. The summed E-state index contributed by atoms with van der Waals surface area (Å²) < 4.78 is 3.96. The van der Waals surface area contributed by atoms with Crippen molar-refractivity contribution >= 4 is 28.5 Å². The minimum atomic E-state index is -1.21. The average molecular weight is 290 g/mol. The molecule has 0 bridgehead atoms. The topological polar surface area (TPSA) is 75.2 Å². The lowest BCUT2D eigenvalue weighted by Gasteiger charge is -1.87. The van der Waals surface area contributed by atoms with Crippen molar-refractivity contribution in [3.63, 3.8) is 0 Å². The van der Waals surface area contributed by atoms with E-state index in [2.05, 4.69) is 26.2 Å². The summed E-state index contributed by atoms with van der Waals surface area (Å²) in [5.41, 5.74) is 2.12. The Morgan fingerprint density at radius 1 is 1.35 bits per heavy atom. The van der Waals surface area contributed by atoms with Crippen LogP contribution in [0, 0.1) is 0 Å². The van der Waals surface area contributed by atoms with Gasteiger partial charge in [0.1, 0.15) is 5.82 Å². The van der Waals surface area contributed by atoms with E-state index in [1.807, 2.05) is 30.3 Å². The minimum Gasteiger partial charge on any atom is -0.450 e. The number of imidazole rings is 1. The van der Waals surface area contributed by atoms with Crippen molar-refractivity contribution in [2.24, 2.45) is 0 Å². The number of carboxylic acid groups (broad SMARTS) is 1. The highest BCUT2D eigenvalue weighted by Gasteiger charge is 2.04. The maximum atomic E-state index is 9.38. The normalized spacial score (nSPS) is 9.85. The van der Waals surface area contributed by atoms with Crippen LogP contribution in [0.5, 0.6) is 0 Å². The molecule has 0 spiro atoms. The van der Waals surface area contributed by atoms with E-state index in [0.29, 0.717) is 0 Å². The van der Waals surface area contributed by atoms with Gasteiger partial charge in [0.25, 0.3) is 0 Å². The smallest absolute Gasteiger partial charge is 0.450 e. The highest BCUT2D eigenvalue weighted by molar-refractivity contribution is 7.13. The first-order chi connectivity index (χ1) is 9.70. The zero-order valence-corrected chi connectivity index (χ0v) is 11.7. The number of H-pyrrole nitrogens is 1. The molecule has 0 unspecified atom stereocenters. The van der Waals surface area contributed by atoms with Gasteiger partial charge in [-0.3, -0.25) is 0 Å². The highest BCUT2D eigenvalue weighted by atomic mass is 32.1. The summed E-state index contributed by atoms with van der Waals surface area (Å²) in [5.74, 6) is 0.959. The number of thiophene rings is 1. The van der Waals surface area contributed by atoms with Gasteiger partial charge >= 0.3 is 6.16 Å². The van der Waals surface area contributed by atoms with Crippen LogP contribution >= 0.6 is 11.3 Å². The van der Waals surface area contributed by atoms with Crippen LogP contribution in [0.25, 0.3) is 21.7 Å². The fourth-order valence-electron chi connectivity index (χ4n) is 1.61. The van der Waals surface area contributed by atoms with Crippen LogP contribution in [0.3, 0.4) is 0 Å². The molecule has 0 radical (unpaired) electrons. The van der Waals surface area contributed by atoms with Gasteiger partial charge < -0.3 is 14.8 Å². The van der Waals surface area contributed by atoms with Crippen LogP contribution in [-0.4, -0.2) is 27.8 Å². The Balaban J connectivity index is 0.000000212. The second-order valence-corrected chi connectivity index (χ2v) is 4.73. The molecule has 0 atom stereocenters. The van der Waals surface area contributed by atoms with Gasteiger partial charge in [-0.2, -0.15) is 0 Å². The van der Waals surface area contributed by atoms with Crippen LogP contribution in [0.1, 0.15) is 6.92 Å². The van der Waals surface area contributed by atoms with Crippen LogP contribution in [0.4, 0.5) is 4.79 Å². The van der Waals surface area contributed by atoms with Gasteiger partial charge in [-0.05, 0) is 30.5 Å². The second-order valence-electron chi connectivity index (χ2n) is 3.78. The van der Waals surface area contributed by atoms with Crippen molar-refractivity contribution in [1.29, 1.82) is 0 Å². The Hall–Kier alpha value is -2.34. The number of aromatic amines is 1. The molecular weight excluding hydrogens is 276 g/mol. The third-order valence-corrected chi connectivity index (χ3v) is 3.29. The van der Waals surface area contributed by atoms with E-state index in [0.717, 1.165) is 16.9 Å². The van der Waals surface area contributed by atoms with E-state index in [1.165, 1.54) is 4.88 Å². The van der Waals surface area contributed by atoms with Crippen molar-refractivity contribution in [3.05, 3.63) is 41.8 Å². The van der Waals surface area contributed by atoms with Gasteiger partial charge in [0.15, 0.2) is 0 Å². The third kappa shape index (κ3) is 3.58. The second kappa shape index (κ2) is 6.72. The maximum absolute atomic E-state index is 9.38. The Bertz CT molecular complexity index is 644. The lowest BCUT2D eigenvalue weighted by Crippen LogP contribution is -1.97. The van der Waals surface area contributed by atoms with Gasteiger partial charge in [-0.15, -0.1) is 11.3 Å². The Morgan fingerprint density at radius 3 is 2.70 bits per heavy atom. The number of hydrogen-bond donors (Lipinski definition) is 2. The molecule has 0 saturated carbocycles. The molecule has 1 aromatic carbocycles. The number of rotatable bonds is 2. The lowest BCUT2D eigenvalue weighted by atomic mass is 10.3. The maximum Gasteiger partial charge on any atom is 0.505 e. The van der Waals surface area contributed by atoms with E-state index in [1.54, 1.807) is 18.3 Å². The molecule has 2 aromatic heterocycles. The number of fused-ring (bicyclic) bond motifs is 1. The molecule has 0 aliphatic carbocycles. The van der Waals surface area contributed by atoms with Crippen molar-refractivity contribution in [2.75, 3.05) is 6.61 Å². The molecule has 5 nitrogen and oxygen atoms in total. The number of carbonyl (C=O) groups is 1. The van der Waals surface area contributed by atoms with Crippen LogP contribution in [-0.2, 0) is 4.74 Å². The first-order valence-corrected chi connectivity index (χ1v) is 6.93. The molecule has 0 aliphatic rings. The van der Waals surface area contributed by atoms with Gasteiger partial charge in [0.05, 0.1) is 22.5 Å². The monoisotopic (exact) mass is 290 g/mol. The SMILES string of the molecule is CCOC(=O)O.c1csc(-c2nc3ccccc3[nH]2)c1. The predicted octanol–water partition coefficient (Wildman–Crippen LogP) is 3.99. The van der Waals surface area contributed by atoms with Gasteiger partial charge in [0.2, 0.25) is 0 Å². The molecule has 6 heteroatoms. The van der Waals surface area contributed by atoms with E-state index in [9.17, 15) is 4.79 Å². The molecule has 104 valence electrons. The standard InChI is InChI=1S/C11H8N2S.C3H6O3/c1-2-5-9-8(4-1)12-11(13-9)10-6-3-7-14-10;1-2-6-3(4)5/h1-7H,(H,12,13);2H2,1H3,(H,4,5). The molecule has 0 aliphatic heterocycles. The molecule has 20 heavy (non-hydrogen) atoms. The van der Waals surface area contributed by atoms with Crippen LogP contribution in [0.15, 0.2) is 41.8 Å². The van der Waals surface area contributed by atoms with E-state index >= 15 is 0 Å². The first kappa shape index (κ1) is 14.1. The molecule has 2 heterocycles. The zero-order chi connectivity index (χ0) is 14.4. The largest absolute Gasteiger partial charge is 0.505 e. The molecule has 3 aromatic rings. The number of nitrogens with one attached hydrogen (secondary N) is 1. The van der Waals surface area contributed by atoms with Crippen LogP contribution in [0.2, 0.25) is 0 Å². The molecular formula is C14H14N2O3S. The number of benzene rings is 1. The lowest BCUT2D eigenvalue weighted by molar-refractivity contribution is 0.0966. The number of para-hydroxylation sites is 2. The van der Waals surface area contributed by atoms with Crippen LogP contribution < -0.4 is 0 Å². The summed E-state index contributed by atoms with van der Waals surface area (Å²) in [6.07, 6.45) is -1.21. The Kier molecular flexibility index (Phi) is 4.73. The summed E-state index contributed by atoms with van der Waals surface area (Å²) in [4.78, 5) is 18.4. The van der Waals surface area contributed by atoms with Crippen molar-refractivity contribution < 1.29 is 14.6 Å². The number of aromatic nitrogens is 2. The van der Waals surface area contributed by atoms with E-state index in [-0.39, 0.29) is 6.61 Å². The quantitative estimate of drug-likeness (QED) is 0.700. The number of nitrogens with zero attached hydrogens (tertiary/aromatic N) is 1. The summed E-state index contributed by atoms with van der Waals surface area (Å²) >= 11 is 1.70. The summed E-state index contributed by atoms with van der Waals surface area (Å²) in [6, 6.07) is 12.2. The minimum absolute atomic E-state index is 0.231. The summed E-state index contributed by atoms with van der Waals surface area (Å²) in [6.45, 7) is 1.85. The fraction of sp³-hybridized carbons (Fsp3) is 0.143.